The van der Waals surface area contributed by atoms with Gasteiger partial charge in [0.1, 0.15) is 29.6 Å². The van der Waals surface area contributed by atoms with Gasteiger partial charge in [0.25, 0.3) is 11.5 Å². The molecule has 2 aromatic heterocycles. The number of amides is 3. The van der Waals surface area contributed by atoms with Crippen LogP contribution in [0.5, 0.6) is 11.5 Å². The molecule has 0 unspecified atom stereocenters. The molecule has 0 aliphatic heterocycles. The molecule has 3 aromatic rings. The van der Waals surface area contributed by atoms with Crippen LogP contribution in [0.4, 0.5) is 23.7 Å². The summed E-state index contributed by atoms with van der Waals surface area (Å²) in [5.74, 6) is 0.467. The lowest BCUT2D eigenvalue weighted by molar-refractivity contribution is -0.138. The number of ether oxygens (including phenoxy) is 1. The number of carbonyl (C=O) groups is 2. The van der Waals surface area contributed by atoms with Gasteiger partial charge in [-0.1, -0.05) is 12.1 Å². The average molecular weight is 491 g/mol. The Morgan fingerprint density at radius 3 is 2.46 bits per heavy atom. The van der Waals surface area contributed by atoms with Gasteiger partial charge in [0.2, 0.25) is 0 Å². The fourth-order valence-corrected chi connectivity index (χ4v) is 2.87. The van der Waals surface area contributed by atoms with Gasteiger partial charge < -0.3 is 25.8 Å². The summed E-state index contributed by atoms with van der Waals surface area (Å²) in [6, 6.07) is 9.13. The van der Waals surface area contributed by atoms with Crippen LogP contribution in [0.2, 0.25) is 0 Å². The first-order valence-electron chi connectivity index (χ1n) is 10.0. The molecule has 1 aromatic carbocycles. The second-order valence-corrected chi connectivity index (χ2v) is 7.07. The van der Waals surface area contributed by atoms with E-state index in [1.54, 1.807) is 30.3 Å². The Bertz CT molecular complexity index is 1280. The molecule has 0 bridgehead atoms. The third-order valence-corrected chi connectivity index (χ3v) is 4.62. The van der Waals surface area contributed by atoms with Crippen LogP contribution in [0.15, 0.2) is 59.7 Å². The predicted molar refractivity (Wildman–Crippen MR) is 118 cm³/mol. The highest BCUT2D eigenvalue weighted by atomic mass is 19.4. The maximum Gasteiger partial charge on any atom is 0.417 e. The highest BCUT2D eigenvalue weighted by Gasteiger charge is 2.32. The van der Waals surface area contributed by atoms with Crippen molar-refractivity contribution in [1.82, 2.24) is 20.2 Å². The molecule has 3 rings (SSSR count). The average Bonchev–Trinajstić information content (AvgIpc) is 2.83. The molecule has 0 spiro atoms. The van der Waals surface area contributed by atoms with Crippen molar-refractivity contribution in [2.45, 2.75) is 19.5 Å². The van der Waals surface area contributed by atoms with Gasteiger partial charge in [0.15, 0.2) is 0 Å². The molecule has 3 amide bonds. The zero-order valence-electron chi connectivity index (χ0n) is 18.2. The summed E-state index contributed by atoms with van der Waals surface area (Å²) in [6.45, 7) is -0.991. The molecule has 4 N–H and O–H groups in total. The molecule has 0 aliphatic rings. The van der Waals surface area contributed by atoms with E-state index in [1.165, 1.54) is 19.3 Å². The zero-order chi connectivity index (χ0) is 25.6. The highest BCUT2D eigenvalue weighted by molar-refractivity contribution is 5.92. The molecule has 10 nitrogen and oxygen atoms in total. The zero-order valence-corrected chi connectivity index (χ0v) is 18.2. The lowest BCUT2D eigenvalue weighted by atomic mass is 10.2. The Morgan fingerprint density at radius 2 is 1.83 bits per heavy atom. The summed E-state index contributed by atoms with van der Waals surface area (Å²) in [7, 11) is 1.48. The van der Waals surface area contributed by atoms with Crippen molar-refractivity contribution in [2.75, 3.05) is 12.4 Å². The number of halogens is 3. The Balaban J connectivity index is 1.61. The number of aliphatic hydroxyl groups excluding tert-OH is 1. The van der Waals surface area contributed by atoms with E-state index in [0.29, 0.717) is 33.9 Å². The van der Waals surface area contributed by atoms with Crippen LogP contribution >= 0.6 is 0 Å². The molecule has 0 saturated heterocycles. The molecular weight excluding hydrogens is 471 g/mol. The van der Waals surface area contributed by atoms with Gasteiger partial charge in [-0.2, -0.15) is 13.2 Å². The SMILES string of the molecule is CNC(=O)c1cc(Oc2ccc(CNC(=O)Nc3cc(C(F)(F)F)cn(CO)c3=O)cc2)ccn1. The molecule has 0 atom stereocenters. The molecular formula is C22H20F3N5O5. The summed E-state index contributed by atoms with van der Waals surface area (Å²) in [5, 5.41) is 16.1. The number of nitrogens with zero attached hydrogens (tertiary/aromatic N) is 2. The quantitative estimate of drug-likeness (QED) is 0.402. The monoisotopic (exact) mass is 491 g/mol. The lowest BCUT2D eigenvalue weighted by Gasteiger charge is -2.13. The Morgan fingerprint density at radius 1 is 1.11 bits per heavy atom. The first-order chi connectivity index (χ1) is 16.6. The van der Waals surface area contributed by atoms with Gasteiger partial charge in [-0.05, 0) is 29.8 Å². The number of anilines is 1. The minimum atomic E-state index is -4.78. The van der Waals surface area contributed by atoms with E-state index in [9.17, 15) is 27.6 Å². The highest BCUT2D eigenvalue weighted by Crippen LogP contribution is 2.29. The number of pyridine rings is 2. The van der Waals surface area contributed by atoms with E-state index in [1.807, 2.05) is 0 Å². The number of benzene rings is 1. The fraction of sp³-hybridized carbons (Fsp3) is 0.182. The van der Waals surface area contributed by atoms with Crippen LogP contribution in [0.3, 0.4) is 0 Å². The third-order valence-electron chi connectivity index (χ3n) is 4.62. The van der Waals surface area contributed by atoms with Crippen molar-refractivity contribution in [3.05, 3.63) is 82.0 Å². The van der Waals surface area contributed by atoms with E-state index >= 15 is 0 Å². The summed E-state index contributed by atoms with van der Waals surface area (Å²) in [6.07, 6.45) is -2.89. The number of hydrogen-bond donors (Lipinski definition) is 4. The number of urea groups is 1. The first kappa shape index (κ1) is 25.2. The Hall–Kier alpha value is -4.39. The van der Waals surface area contributed by atoms with Gasteiger partial charge in [-0.25, -0.2) is 4.79 Å². The summed E-state index contributed by atoms with van der Waals surface area (Å²) < 4.78 is 45.1. The number of aromatic nitrogens is 2. The van der Waals surface area contributed by atoms with Gasteiger partial charge in [0, 0.05) is 32.1 Å². The van der Waals surface area contributed by atoms with Gasteiger partial charge in [0.05, 0.1) is 5.56 Å². The first-order valence-corrected chi connectivity index (χ1v) is 10.0. The molecule has 0 fully saturated rings. The van der Waals surface area contributed by atoms with Crippen molar-refractivity contribution in [2.24, 2.45) is 0 Å². The molecule has 13 heteroatoms. The van der Waals surface area contributed by atoms with E-state index in [2.05, 4.69) is 20.9 Å². The number of aliphatic hydroxyl groups is 1. The van der Waals surface area contributed by atoms with Crippen molar-refractivity contribution < 1.29 is 32.6 Å². The van der Waals surface area contributed by atoms with Crippen LogP contribution in [0, 0.1) is 0 Å². The fourth-order valence-electron chi connectivity index (χ4n) is 2.87. The lowest BCUT2D eigenvalue weighted by Crippen LogP contribution is -2.33. The topological polar surface area (TPSA) is 135 Å². The van der Waals surface area contributed by atoms with Crippen LogP contribution in [-0.2, 0) is 19.5 Å². The second-order valence-electron chi connectivity index (χ2n) is 7.07. The molecule has 2 heterocycles. The standard InChI is InChI=1S/C22H20F3N5O5/c1-26-19(32)17-9-16(6-7-27-17)35-15-4-2-13(3-5-15)10-28-21(34)29-18-8-14(22(23,24)25)11-30(12-31)20(18)33/h2-9,11,31H,10,12H2,1H3,(H,26,32)(H2,28,29,34). The van der Waals surface area contributed by atoms with Gasteiger partial charge in [-0.3, -0.25) is 19.1 Å². The van der Waals surface area contributed by atoms with Crippen molar-refractivity contribution in [1.29, 1.82) is 0 Å². The van der Waals surface area contributed by atoms with Crippen molar-refractivity contribution in [3.63, 3.8) is 0 Å². The van der Waals surface area contributed by atoms with Crippen LogP contribution in [0.25, 0.3) is 0 Å². The molecule has 0 radical (unpaired) electrons. The Labute approximate surface area is 196 Å². The molecule has 0 saturated carbocycles. The van der Waals surface area contributed by atoms with Crippen LogP contribution in [0.1, 0.15) is 21.6 Å². The minimum Gasteiger partial charge on any atom is -0.457 e. The molecule has 184 valence electrons. The Kier molecular flexibility index (Phi) is 7.71. The van der Waals surface area contributed by atoms with Crippen LogP contribution in [-0.4, -0.2) is 33.6 Å². The largest absolute Gasteiger partial charge is 0.457 e. The van der Waals surface area contributed by atoms with E-state index < -0.39 is 35.7 Å². The summed E-state index contributed by atoms with van der Waals surface area (Å²) in [4.78, 5) is 39.9. The summed E-state index contributed by atoms with van der Waals surface area (Å²) in [5.41, 5.74) is -2.02. The summed E-state index contributed by atoms with van der Waals surface area (Å²) >= 11 is 0. The van der Waals surface area contributed by atoms with Crippen molar-refractivity contribution >= 4 is 17.6 Å². The molecule has 35 heavy (non-hydrogen) atoms. The van der Waals surface area contributed by atoms with Crippen LogP contribution < -0.4 is 26.2 Å². The second kappa shape index (κ2) is 10.7. The van der Waals surface area contributed by atoms with Gasteiger partial charge in [-0.15, -0.1) is 0 Å². The smallest absolute Gasteiger partial charge is 0.417 e. The van der Waals surface area contributed by atoms with E-state index in [-0.39, 0.29) is 18.1 Å². The predicted octanol–water partition coefficient (Wildman–Crippen LogP) is 2.69. The van der Waals surface area contributed by atoms with E-state index in [0.717, 1.165) is 0 Å². The third kappa shape index (κ3) is 6.57. The van der Waals surface area contributed by atoms with Crippen molar-refractivity contribution in [3.8, 4) is 11.5 Å². The minimum absolute atomic E-state index is 0.00462. The van der Waals surface area contributed by atoms with E-state index in [4.69, 9.17) is 9.84 Å². The number of alkyl halides is 3. The normalized spacial score (nSPS) is 11.0. The number of carbonyl (C=O) groups excluding carboxylic acids is 2. The maximum atomic E-state index is 13.0. The van der Waals surface area contributed by atoms with Gasteiger partial charge >= 0.3 is 12.2 Å². The maximum absolute atomic E-state index is 13.0. The number of rotatable bonds is 7. The molecule has 0 aliphatic carbocycles. The number of nitrogens with one attached hydrogen (secondary N) is 3. The number of hydrogen-bond acceptors (Lipinski definition) is 6.